The zero-order valence-corrected chi connectivity index (χ0v) is 11.2. The molecule has 0 saturated heterocycles. The predicted molar refractivity (Wildman–Crippen MR) is 72.8 cm³/mol. The molecule has 0 saturated carbocycles. The fraction of sp³-hybridized carbons (Fsp3) is 0.333. The van der Waals surface area contributed by atoms with Crippen LogP contribution in [0.3, 0.4) is 0 Å². The number of rotatable bonds is 3. The van der Waals surface area contributed by atoms with Crippen molar-refractivity contribution in [3.63, 3.8) is 0 Å². The summed E-state index contributed by atoms with van der Waals surface area (Å²) in [6.45, 7) is 0. The van der Waals surface area contributed by atoms with Crippen LogP contribution in [0.15, 0.2) is 28.7 Å². The van der Waals surface area contributed by atoms with E-state index in [4.69, 9.17) is 0 Å². The summed E-state index contributed by atoms with van der Waals surface area (Å²) in [5.41, 5.74) is 2.66. The van der Waals surface area contributed by atoms with Gasteiger partial charge in [-0.15, -0.1) is 0 Å². The fourth-order valence-corrected chi connectivity index (χ4v) is 2.88. The van der Waals surface area contributed by atoms with E-state index in [1.165, 1.54) is 21.1 Å². The van der Waals surface area contributed by atoms with E-state index in [2.05, 4.69) is 64.4 Å². The molecule has 2 aromatic rings. The van der Waals surface area contributed by atoms with Gasteiger partial charge in [0.2, 0.25) is 0 Å². The Labute approximate surface area is 104 Å². The summed E-state index contributed by atoms with van der Waals surface area (Å²) < 4.78 is 3.51. The molecule has 0 unspecified atom stereocenters. The normalized spacial score (nSPS) is 11.1. The monoisotopic (exact) mass is 283 g/mol. The van der Waals surface area contributed by atoms with Gasteiger partial charge < -0.3 is 4.57 Å². The van der Waals surface area contributed by atoms with Crippen molar-refractivity contribution in [2.75, 3.05) is 5.75 Å². The van der Waals surface area contributed by atoms with Crippen molar-refractivity contribution in [3.05, 3.63) is 34.4 Å². The second kappa shape index (κ2) is 4.62. The number of hydrogen-bond donors (Lipinski definition) is 1. The Morgan fingerprint density at radius 2 is 2.07 bits per heavy atom. The second-order valence-electron chi connectivity index (χ2n) is 3.66. The molecule has 1 aromatic carbocycles. The van der Waals surface area contributed by atoms with Crippen LogP contribution in [0, 0.1) is 0 Å². The number of nitrogens with zero attached hydrogens (tertiary/aromatic N) is 1. The third kappa shape index (κ3) is 1.95. The average Bonchev–Trinajstić information content (AvgIpc) is 2.51. The molecule has 0 spiro atoms. The Bertz CT molecular complexity index is 437. The SMILES string of the molecule is Cn1c(CCCS)c(Br)c2ccccc21. The molecule has 0 aliphatic carbocycles. The lowest BCUT2D eigenvalue weighted by atomic mass is 10.2. The Morgan fingerprint density at radius 1 is 1.33 bits per heavy atom. The van der Waals surface area contributed by atoms with Crippen LogP contribution < -0.4 is 0 Å². The number of thiol groups is 1. The van der Waals surface area contributed by atoms with Gasteiger partial charge in [-0.2, -0.15) is 12.6 Å². The molecule has 0 fully saturated rings. The maximum atomic E-state index is 4.26. The van der Waals surface area contributed by atoms with Crippen molar-refractivity contribution >= 4 is 39.5 Å². The van der Waals surface area contributed by atoms with Crippen molar-refractivity contribution in [2.45, 2.75) is 12.8 Å². The Balaban J connectivity index is 2.54. The minimum absolute atomic E-state index is 0.938. The van der Waals surface area contributed by atoms with E-state index in [0.29, 0.717) is 0 Å². The van der Waals surface area contributed by atoms with Crippen molar-refractivity contribution in [2.24, 2.45) is 7.05 Å². The van der Waals surface area contributed by atoms with E-state index >= 15 is 0 Å². The van der Waals surface area contributed by atoms with Crippen molar-refractivity contribution in [1.29, 1.82) is 0 Å². The molecule has 0 radical (unpaired) electrons. The van der Waals surface area contributed by atoms with Gasteiger partial charge in [0, 0.05) is 28.1 Å². The summed E-state index contributed by atoms with van der Waals surface area (Å²) >= 11 is 7.94. The lowest BCUT2D eigenvalue weighted by Crippen LogP contribution is -1.97. The Kier molecular flexibility index (Phi) is 3.42. The molecular weight excluding hydrogens is 270 g/mol. The van der Waals surface area contributed by atoms with Crippen LogP contribution in [0.25, 0.3) is 10.9 Å². The highest BCUT2D eigenvalue weighted by molar-refractivity contribution is 9.10. The van der Waals surface area contributed by atoms with Crippen molar-refractivity contribution < 1.29 is 0 Å². The van der Waals surface area contributed by atoms with Crippen LogP contribution in [0.1, 0.15) is 12.1 Å². The van der Waals surface area contributed by atoms with Crippen LogP contribution in [-0.4, -0.2) is 10.3 Å². The van der Waals surface area contributed by atoms with E-state index in [-0.39, 0.29) is 0 Å². The van der Waals surface area contributed by atoms with Gasteiger partial charge in [-0.25, -0.2) is 0 Å². The summed E-state index contributed by atoms with van der Waals surface area (Å²) in [4.78, 5) is 0. The number of hydrogen-bond acceptors (Lipinski definition) is 1. The van der Waals surface area contributed by atoms with Gasteiger partial charge >= 0.3 is 0 Å². The molecule has 0 bridgehead atoms. The number of aryl methyl sites for hydroxylation is 1. The number of para-hydroxylation sites is 1. The quantitative estimate of drug-likeness (QED) is 0.818. The summed E-state index contributed by atoms with van der Waals surface area (Å²) in [6, 6.07) is 8.47. The molecule has 0 atom stereocenters. The van der Waals surface area contributed by atoms with E-state index in [1.807, 2.05) is 0 Å². The molecule has 1 nitrogen and oxygen atoms in total. The third-order valence-electron chi connectivity index (χ3n) is 2.73. The minimum Gasteiger partial charge on any atom is -0.347 e. The van der Waals surface area contributed by atoms with Gasteiger partial charge in [-0.05, 0) is 40.6 Å². The molecule has 0 amide bonds. The number of benzene rings is 1. The standard InChI is InChI=1S/C12H14BrNS/c1-14-10-6-3-2-5-9(10)12(13)11(14)7-4-8-15/h2-3,5-6,15H,4,7-8H2,1H3. The number of halogens is 1. The number of fused-ring (bicyclic) bond motifs is 1. The van der Waals surface area contributed by atoms with E-state index in [9.17, 15) is 0 Å². The third-order valence-corrected chi connectivity index (χ3v) is 3.93. The van der Waals surface area contributed by atoms with Crippen molar-refractivity contribution in [3.8, 4) is 0 Å². The smallest absolute Gasteiger partial charge is 0.0491 e. The zero-order chi connectivity index (χ0) is 10.8. The molecule has 3 heteroatoms. The fourth-order valence-electron chi connectivity index (χ4n) is 1.92. The summed E-state index contributed by atoms with van der Waals surface area (Å²) in [7, 11) is 2.13. The summed E-state index contributed by atoms with van der Waals surface area (Å²) in [6.07, 6.45) is 2.20. The van der Waals surface area contributed by atoms with E-state index in [0.717, 1.165) is 18.6 Å². The Hall–Kier alpha value is -0.410. The average molecular weight is 284 g/mol. The maximum Gasteiger partial charge on any atom is 0.0491 e. The second-order valence-corrected chi connectivity index (χ2v) is 4.90. The zero-order valence-electron chi connectivity index (χ0n) is 8.70. The highest BCUT2D eigenvalue weighted by Crippen LogP contribution is 2.30. The molecular formula is C12H14BrNS. The Morgan fingerprint density at radius 3 is 2.73 bits per heavy atom. The summed E-state index contributed by atoms with van der Waals surface area (Å²) in [5, 5.41) is 1.30. The lowest BCUT2D eigenvalue weighted by molar-refractivity contribution is 0.806. The van der Waals surface area contributed by atoms with Crippen molar-refractivity contribution in [1.82, 2.24) is 4.57 Å². The highest BCUT2D eigenvalue weighted by atomic mass is 79.9. The van der Waals surface area contributed by atoms with Crippen LogP contribution in [0.5, 0.6) is 0 Å². The topological polar surface area (TPSA) is 4.93 Å². The van der Waals surface area contributed by atoms with Crippen LogP contribution in [0.4, 0.5) is 0 Å². The van der Waals surface area contributed by atoms with E-state index in [1.54, 1.807) is 0 Å². The van der Waals surface area contributed by atoms with Gasteiger partial charge in [-0.1, -0.05) is 18.2 Å². The number of aromatic nitrogens is 1. The van der Waals surface area contributed by atoms with Gasteiger partial charge in [0.25, 0.3) is 0 Å². The molecule has 0 N–H and O–H groups in total. The molecule has 1 aromatic heterocycles. The molecule has 0 aliphatic heterocycles. The van der Waals surface area contributed by atoms with Gasteiger partial charge in [-0.3, -0.25) is 0 Å². The first-order chi connectivity index (χ1) is 7.25. The van der Waals surface area contributed by atoms with E-state index < -0.39 is 0 Å². The van der Waals surface area contributed by atoms with Gasteiger partial charge in [0.05, 0.1) is 0 Å². The highest BCUT2D eigenvalue weighted by Gasteiger charge is 2.11. The molecule has 0 aliphatic rings. The predicted octanol–water partition coefficient (Wildman–Crippen LogP) is 3.80. The van der Waals surface area contributed by atoms with Crippen LogP contribution in [0.2, 0.25) is 0 Å². The molecule has 2 rings (SSSR count). The first-order valence-electron chi connectivity index (χ1n) is 5.08. The first-order valence-corrected chi connectivity index (χ1v) is 6.51. The van der Waals surface area contributed by atoms with Gasteiger partial charge in [0.15, 0.2) is 0 Å². The minimum atomic E-state index is 0.938. The lowest BCUT2D eigenvalue weighted by Gasteiger charge is -2.03. The largest absolute Gasteiger partial charge is 0.347 e. The van der Waals surface area contributed by atoms with Gasteiger partial charge in [0.1, 0.15) is 0 Å². The van der Waals surface area contributed by atoms with Crippen LogP contribution >= 0.6 is 28.6 Å². The first kappa shape index (κ1) is 11.1. The summed E-state index contributed by atoms with van der Waals surface area (Å²) in [5.74, 6) is 0.938. The van der Waals surface area contributed by atoms with Crippen LogP contribution in [-0.2, 0) is 13.5 Å². The molecule has 1 heterocycles. The molecule has 80 valence electrons. The maximum absolute atomic E-state index is 4.26. The molecule has 15 heavy (non-hydrogen) atoms.